The molecule has 0 aromatic heterocycles. The quantitative estimate of drug-likeness (QED) is 0.817. The maximum absolute atomic E-state index is 12.8. The molecule has 1 fully saturated rings. The van der Waals surface area contributed by atoms with Crippen molar-refractivity contribution < 1.29 is 4.39 Å². The number of piperidine rings is 1. The molecule has 0 amide bonds. The lowest BCUT2D eigenvalue weighted by molar-refractivity contribution is 0.210. The molecule has 0 saturated carbocycles. The van der Waals surface area contributed by atoms with E-state index in [-0.39, 0.29) is 11.2 Å². The van der Waals surface area contributed by atoms with E-state index in [4.69, 9.17) is 5.73 Å². The smallest absolute Gasteiger partial charge is 0.123 e. The van der Waals surface area contributed by atoms with Crippen LogP contribution >= 0.6 is 0 Å². The molecule has 1 aromatic carbocycles. The molecule has 1 aromatic rings. The minimum absolute atomic E-state index is 0.171. The summed E-state index contributed by atoms with van der Waals surface area (Å²) in [5, 5.41) is 3.35. The Hall–Kier alpha value is -0.930. The standard InChI is InChI=1S/C13H19FN2/c14-12-3-1-11(2-4-12)9-13(10-15)5-7-16-8-6-13/h1-4,16H,5-10,15H2. The predicted octanol–water partition coefficient (Wildman–Crippen LogP) is 1.70. The Kier molecular flexibility index (Phi) is 3.56. The molecule has 0 aliphatic carbocycles. The lowest BCUT2D eigenvalue weighted by atomic mass is 9.74. The average Bonchev–Trinajstić information content (AvgIpc) is 2.33. The first-order valence-corrected chi connectivity index (χ1v) is 5.89. The van der Waals surface area contributed by atoms with Crippen LogP contribution in [0.4, 0.5) is 4.39 Å². The Morgan fingerprint density at radius 2 is 1.81 bits per heavy atom. The SMILES string of the molecule is NCC1(Cc2ccc(F)cc2)CCNCC1. The zero-order chi connectivity index (χ0) is 11.4. The molecule has 16 heavy (non-hydrogen) atoms. The molecule has 3 heteroatoms. The van der Waals surface area contributed by atoms with Gasteiger partial charge in [0.2, 0.25) is 0 Å². The van der Waals surface area contributed by atoms with Crippen molar-refractivity contribution in [1.82, 2.24) is 5.32 Å². The molecule has 3 N–H and O–H groups in total. The van der Waals surface area contributed by atoms with Crippen molar-refractivity contribution in [3.63, 3.8) is 0 Å². The van der Waals surface area contributed by atoms with Gasteiger partial charge in [-0.2, -0.15) is 0 Å². The Bertz CT molecular complexity index is 328. The van der Waals surface area contributed by atoms with Gasteiger partial charge in [0, 0.05) is 0 Å². The van der Waals surface area contributed by atoms with Crippen molar-refractivity contribution in [2.45, 2.75) is 19.3 Å². The second kappa shape index (κ2) is 4.93. The third kappa shape index (κ3) is 2.60. The molecule has 1 aliphatic rings. The third-order valence-corrected chi connectivity index (χ3v) is 3.59. The Morgan fingerprint density at radius 1 is 1.19 bits per heavy atom. The molecule has 0 atom stereocenters. The van der Waals surface area contributed by atoms with E-state index in [1.54, 1.807) is 0 Å². The van der Waals surface area contributed by atoms with Crippen molar-refractivity contribution in [3.05, 3.63) is 35.6 Å². The largest absolute Gasteiger partial charge is 0.330 e. The average molecular weight is 222 g/mol. The summed E-state index contributed by atoms with van der Waals surface area (Å²) in [5.41, 5.74) is 7.31. The fraction of sp³-hybridized carbons (Fsp3) is 0.538. The van der Waals surface area contributed by atoms with Crippen LogP contribution in [0.1, 0.15) is 18.4 Å². The van der Waals surface area contributed by atoms with Gasteiger partial charge in [-0.15, -0.1) is 0 Å². The maximum Gasteiger partial charge on any atom is 0.123 e. The van der Waals surface area contributed by atoms with E-state index in [9.17, 15) is 4.39 Å². The second-order valence-corrected chi connectivity index (χ2v) is 4.76. The van der Waals surface area contributed by atoms with E-state index < -0.39 is 0 Å². The zero-order valence-electron chi connectivity index (χ0n) is 9.51. The van der Waals surface area contributed by atoms with Crippen LogP contribution in [0.5, 0.6) is 0 Å². The summed E-state index contributed by atoms with van der Waals surface area (Å²) in [4.78, 5) is 0. The molecule has 1 heterocycles. The Morgan fingerprint density at radius 3 is 2.38 bits per heavy atom. The van der Waals surface area contributed by atoms with Gasteiger partial charge in [0.15, 0.2) is 0 Å². The highest BCUT2D eigenvalue weighted by molar-refractivity contribution is 5.18. The minimum atomic E-state index is -0.171. The van der Waals surface area contributed by atoms with Crippen molar-refractivity contribution in [2.24, 2.45) is 11.1 Å². The summed E-state index contributed by atoms with van der Waals surface area (Å²) in [6.07, 6.45) is 3.19. The van der Waals surface area contributed by atoms with Gasteiger partial charge in [0.05, 0.1) is 0 Å². The Labute approximate surface area is 96.0 Å². The van der Waals surface area contributed by atoms with E-state index >= 15 is 0 Å². The number of halogens is 1. The predicted molar refractivity (Wildman–Crippen MR) is 63.7 cm³/mol. The number of benzene rings is 1. The van der Waals surface area contributed by atoms with E-state index in [0.717, 1.165) is 32.4 Å². The topological polar surface area (TPSA) is 38.0 Å². The fourth-order valence-electron chi connectivity index (χ4n) is 2.45. The molecule has 0 bridgehead atoms. The summed E-state index contributed by atoms with van der Waals surface area (Å²) in [6.45, 7) is 2.79. The molecule has 2 nitrogen and oxygen atoms in total. The van der Waals surface area contributed by atoms with Crippen LogP contribution in [-0.2, 0) is 6.42 Å². The molecule has 2 rings (SSSR count). The van der Waals surface area contributed by atoms with Gasteiger partial charge in [-0.25, -0.2) is 4.39 Å². The summed E-state index contributed by atoms with van der Waals surface area (Å²) in [6, 6.07) is 6.80. The van der Waals surface area contributed by atoms with E-state index in [0.29, 0.717) is 6.54 Å². The first kappa shape index (κ1) is 11.6. The number of nitrogens with two attached hydrogens (primary N) is 1. The molecule has 1 aliphatic heterocycles. The molecular weight excluding hydrogens is 203 g/mol. The summed E-state index contributed by atoms with van der Waals surface area (Å²) in [5.74, 6) is -0.171. The second-order valence-electron chi connectivity index (χ2n) is 4.76. The number of nitrogens with one attached hydrogen (secondary N) is 1. The Balaban J connectivity index is 2.08. The summed E-state index contributed by atoms with van der Waals surface area (Å²) in [7, 11) is 0. The fourth-order valence-corrected chi connectivity index (χ4v) is 2.45. The van der Waals surface area contributed by atoms with Crippen LogP contribution in [0.3, 0.4) is 0 Å². The monoisotopic (exact) mass is 222 g/mol. The van der Waals surface area contributed by atoms with Crippen LogP contribution in [0, 0.1) is 11.2 Å². The molecule has 0 spiro atoms. The number of hydrogen-bond acceptors (Lipinski definition) is 2. The van der Waals surface area contributed by atoms with E-state index in [1.165, 1.54) is 17.7 Å². The van der Waals surface area contributed by atoms with E-state index in [2.05, 4.69) is 5.32 Å². The van der Waals surface area contributed by atoms with Crippen molar-refractivity contribution in [1.29, 1.82) is 0 Å². The van der Waals surface area contributed by atoms with Crippen LogP contribution in [0.2, 0.25) is 0 Å². The van der Waals surface area contributed by atoms with Crippen molar-refractivity contribution in [2.75, 3.05) is 19.6 Å². The normalized spacial score (nSPS) is 19.6. The van der Waals surface area contributed by atoms with Crippen LogP contribution in [0.25, 0.3) is 0 Å². The van der Waals surface area contributed by atoms with Gasteiger partial charge in [-0.1, -0.05) is 12.1 Å². The lowest BCUT2D eigenvalue weighted by Gasteiger charge is -2.36. The number of rotatable bonds is 3. The first-order chi connectivity index (χ1) is 7.74. The summed E-state index contributed by atoms with van der Waals surface area (Å²) >= 11 is 0. The zero-order valence-corrected chi connectivity index (χ0v) is 9.51. The molecule has 0 unspecified atom stereocenters. The minimum Gasteiger partial charge on any atom is -0.330 e. The summed E-state index contributed by atoms with van der Waals surface area (Å²) < 4.78 is 12.8. The van der Waals surface area contributed by atoms with Gasteiger partial charge in [0.1, 0.15) is 5.82 Å². The molecule has 88 valence electrons. The van der Waals surface area contributed by atoms with E-state index in [1.807, 2.05) is 12.1 Å². The highest BCUT2D eigenvalue weighted by Gasteiger charge is 2.30. The highest BCUT2D eigenvalue weighted by Crippen LogP contribution is 2.31. The highest BCUT2D eigenvalue weighted by atomic mass is 19.1. The molecule has 1 saturated heterocycles. The first-order valence-electron chi connectivity index (χ1n) is 5.89. The van der Waals surface area contributed by atoms with Gasteiger partial charge in [-0.3, -0.25) is 0 Å². The van der Waals surface area contributed by atoms with Gasteiger partial charge in [0.25, 0.3) is 0 Å². The van der Waals surface area contributed by atoms with Crippen LogP contribution in [-0.4, -0.2) is 19.6 Å². The lowest BCUT2D eigenvalue weighted by Crippen LogP contribution is -2.43. The van der Waals surface area contributed by atoms with Gasteiger partial charge in [-0.05, 0) is 62.0 Å². The molecule has 0 radical (unpaired) electrons. The molecular formula is C13H19FN2. The van der Waals surface area contributed by atoms with Crippen LogP contribution in [0.15, 0.2) is 24.3 Å². The van der Waals surface area contributed by atoms with Gasteiger partial charge < -0.3 is 11.1 Å². The maximum atomic E-state index is 12.8. The van der Waals surface area contributed by atoms with Gasteiger partial charge >= 0.3 is 0 Å². The number of hydrogen-bond donors (Lipinski definition) is 2. The third-order valence-electron chi connectivity index (χ3n) is 3.59. The van der Waals surface area contributed by atoms with Crippen molar-refractivity contribution >= 4 is 0 Å². The van der Waals surface area contributed by atoms with Crippen LogP contribution < -0.4 is 11.1 Å². The van der Waals surface area contributed by atoms with Crippen molar-refractivity contribution in [3.8, 4) is 0 Å².